The lowest BCUT2D eigenvalue weighted by Gasteiger charge is -1.88. The zero-order valence-electron chi connectivity index (χ0n) is 7.74. The smallest absolute Gasteiger partial charge is 0.151 e. The molecule has 1 aromatic carbocycles. The summed E-state index contributed by atoms with van der Waals surface area (Å²) in [6.45, 7) is 0. The van der Waals surface area contributed by atoms with Crippen LogP contribution in [0.25, 0.3) is 10.2 Å². The molecule has 0 aliphatic carbocycles. The summed E-state index contributed by atoms with van der Waals surface area (Å²) < 4.78 is 2.14. The number of nitriles is 1. The molecule has 5 heteroatoms. The summed E-state index contributed by atoms with van der Waals surface area (Å²) in [6.07, 6.45) is 0.557. The molecule has 0 unspecified atom stereocenters. The summed E-state index contributed by atoms with van der Waals surface area (Å²) in [6, 6.07) is 7.82. The van der Waals surface area contributed by atoms with Crippen molar-refractivity contribution in [3.8, 4) is 6.07 Å². The monoisotopic (exact) mass is 254 g/mol. The maximum absolute atomic E-state index is 8.42. The standard InChI is InChI=1S/C10H7ClN2S2/c11-7-2-3-9-8(6-7)13-10(15-9)14-5-1-4-12/h2-3,6H,1,5H2. The minimum Gasteiger partial charge on any atom is -0.230 e. The molecule has 1 heterocycles. The van der Waals surface area contributed by atoms with Gasteiger partial charge in [0.1, 0.15) is 0 Å². The highest BCUT2D eigenvalue weighted by Crippen LogP contribution is 2.31. The number of aromatic nitrogens is 1. The lowest BCUT2D eigenvalue weighted by molar-refractivity contribution is 1.22. The number of benzene rings is 1. The highest BCUT2D eigenvalue weighted by atomic mass is 35.5. The van der Waals surface area contributed by atoms with E-state index in [1.54, 1.807) is 23.1 Å². The van der Waals surface area contributed by atoms with Crippen LogP contribution in [0, 0.1) is 11.3 Å². The van der Waals surface area contributed by atoms with Crippen LogP contribution >= 0.6 is 34.7 Å². The molecule has 0 radical (unpaired) electrons. The highest BCUT2D eigenvalue weighted by Gasteiger charge is 2.04. The summed E-state index contributed by atoms with van der Waals surface area (Å²) in [4.78, 5) is 4.43. The van der Waals surface area contributed by atoms with Crippen LogP contribution in [0.2, 0.25) is 5.02 Å². The van der Waals surface area contributed by atoms with Crippen LogP contribution in [-0.2, 0) is 0 Å². The van der Waals surface area contributed by atoms with Crippen molar-refractivity contribution in [3.63, 3.8) is 0 Å². The predicted molar refractivity (Wildman–Crippen MR) is 65.6 cm³/mol. The van der Waals surface area contributed by atoms with Gasteiger partial charge in [-0.2, -0.15) is 5.26 Å². The number of fused-ring (bicyclic) bond motifs is 1. The van der Waals surface area contributed by atoms with E-state index in [9.17, 15) is 0 Å². The fraction of sp³-hybridized carbons (Fsp3) is 0.200. The zero-order chi connectivity index (χ0) is 10.7. The van der Waals surface area contributed by atoms with Crippen LogP contribution in [0.4, 0.5) is 0 Å². The molecule has 76 valence electrons. The molecule has 15 heavy (non-hydrogen) atoms. The number of halogens is 1. The molecule has 0 bridgehead atoms. The lowest BCUT2D eigenvalue weighted by atomic mass is 10.3. The second-order valence-electron chi connectivity index (χ2n) is 2.85. The topological polar surface area (TPSA) is 36.7 Å². The van der Waals surface area contributed by atoms with E-state index in [0.29, 0.717) is 11.4 Å². The second kappa shape index (κ2) is 4.84. The summed E-state index contributed by atoms with van der Waals surface area (Å²) in [5, 5.41) is 9.13. The van der Waals surface area contributed by atoms with Gasteiger partial charge in [-0.25, -0.2) is 4.98 Å². The molecular formula is C10H7ClN2S2. The molecule has 0 aliphatic heterocycles. The number of hydrogen-bond acceptors (Lipinski definition) is 4. The third-order valence-corrected chi connectivity index (χ3v) is 4.19. The molecule has 0 saturated carbocycles. The lowest BCUT2D eigenvalue weighted by Crippen LogP contribution is -1.75. The van der Waals surface area contributed by atoms with Crippen molar-refractivity contribution in [1.82, 2.24) is 4.98 Å². The number of hydrogen-bond donors (Lipinski definition) is 0. The molecule has 0 atom stereocenters. The predicted octanol–water partition coefficient (Wildman–Crippen LogP) is 3.96. The van der Waals surface area contributed by atoms with Crippen LogP contribution in [0.15, 0.2) is 22.5 Å². The fourth-order valence-corrected chi connectivity index (χ4v) is 3.25. The summed E-state index contributed by atoms with van der Waals surface area (Å²) in [7, 11) is 0. The normalized spacial score (nSPS) is 10.4. The Balaban J connectivity index is 2.20. The van der Waals surface area contributed by atoms with Crippen LogP contribution in [-0.4, -0.2) is 10.7 Å². The molecule has 0 fully saturated rings. The van der Waals surface area contributed by atoms with Crippen LogP contribution in [0.3, 0.4) is 0 Å². The molecule has 1 aromatic heterocycles. The third kappa shape index (κ3) is 2.63. The second-order valence-corrected chi connectivity index (χ2v) is 5.66. The molecule has 0 N–H and O–H groups in total. The van der Waals surface area contributed by atoms with Gasteiger partial charge >= 0.3 is 0 Å². The summed E-state index contributed by atoms with van der Waals surface area (Å²) in [5.41, 5.74) is 0.937. The summed E-state index contributed by atoms with van der Waals surface area (Å²) in [5.74, 6) is 0.796. The maximum Gasteiger partial charge on any atom is 0.151 e. The van der Waals surface area contributed by atoms with Crippen molar-refractivity contribution in [2.24, 2.45) is 0 Å². The average Bonchev–Trinajstić information content (AvgIpc) is 2.60. The molecule has 2 nitrogen and oxygen atoms in total. The maximum atomic E-state index is 8.42. The van der Waals surface area contributed by atoms with Gasteiger partial charge in [0, 0.05) is 17.2 Å². The Hall–Kier alpha value is -0.760. The average molecular weight is 255 g/mol. The van der Waals surface area contributed by atoms with Gasteiger partial charge in [0.15, 0.2) is 4.34 Å². The molecule has 2 rings (SSSR count). The van der Waals surface area contributed by atoms with E-state index in [0.717, 1.165) is 20.3 Å². The van der Waals surface area contributed by atoms with Gasteiger partial charge in [0.2, 0.25) is 0 Å². The number of thioether (sulfide) groups is 1. The Labute approximate surface area is 101 Å². The Bertz CT molecular complexity index is 516. The van der Waals surface area contributed by atoms with Crippen molar-refractivity contribution < 1.29 is 0 Å². The van der Waals surface area contributed by atoms with Crippen molar-refractivity contribution in [2.75, 3.05) is 5.75 Å². The minimum atomic E-state index is 0.557. The molecule has 0 amide bonds. The van der Waals surface area contributed by atoms with Crippen LogP contribution in [0.1, 0.15) is 6.42 Å². The van der Waals surface area contributed by atoms with Gasteiger partial charge in [-0.1, -0.05) is 23.4 Å². The van der Waals surface area contributed by atoms with Gasteiger partial charge in [-0.05, 0) is 18.2 Å². The summed E-state index contributed by atoms with van der Waals surface area (Å²) >= 11 is 9.13. The quantitative estimate of drug-likeness (QED) is 0.615. The van der Waals surface area contributed by atoms with E-state index in [1.165, 1.54) is 0 Å². The first-order valence-corrected chi connectivity index (χ1v) is 6.53. The molecule has 0 aliphatic rings. The van der Waals surface area contributed by atoms with E-state index < -0.39 is 0 Å². The highest BCUT2D eigenvalue weighted by molar-refractivity contribution is 8.01. The number of rotatable bonds is 3. The van der Waals surface area contributed by atoms with Crippen molar-refractivity contribution in [3.05, 3.63) is 23.2 Å². The van der Waals surface area contributed by atoms with Crippen molar-refractivity contribution in [1.29, 1.82) is 5.26 Å². The fourth-order valence-electron chi connectivity index (χ4n) is 1.13. The van der Waals surface area contributed by atoms with E-state index >= 15 is 0 Å². The first kappa shape index (κ1) is 10.7. The Morgan fingerprint density at radius 2 is 2.40 bits per heavy atom. The van der Waals surface area contributed by atoms with E-state index in [2.05, 4.69) is 11.1 Å². The Kier molecular flexibility index (Phi) is 3.47. The first-order chi connectivity index (χ1) is 7.29. The van der Waals surface area contributed by atoms with Crippen molar-refractivity contribution >= 4 is 44.9 Å². The third-order valence-electron chi connectivity index (χ3n) is 1.77. The van der Waals surface area contributed by atoms with E-state index in [4.69, 9.17) is 16.9 Å². The molecular weight excluding hydrogens is 248 g/mol. The van der Waals surface area contributed by atoms with Gasteiger partial charge in [0.25, 0.3) is 0 Å². The molecule has 0 saturated heterocycles. The van der Waals surface area contributed by atoms with Gasteiger partial charge in [0.05, 0.1) is 16.3 Å². The zero-order valence-corrected chi connectivity index (χ0v) is 10.1. The van der Waals surface area contributed by atoms with E-state index in [1.807, 2.05) is 18.2 Å². The molecule has 2 aromatic rings. The van der Waals surface area contributed by atoms with Crippen molar-refractivity contribution in [2.45, 2.75) is 10.8 Å². The van der Waals surface area contributed by atoms with E-state index in [-0.39, 0.29) is 0 Å². The van der Waals surface area contributed by atoms with Gasteiger partial charge in [-0.3, -0.25) is 0 Å². The molecule has 0 spiro atoms. The van der Waals surface area contributed by atoms with Gasteiger partial charge in [-0.15, -0.1) is 11.3 Å². The Morgan fingerprint density at radius 1 is 1.53 bits per heavy atom. The van der Waals surface area contributed by atoms with Crippen LogP contribution < -0.4 is 0 Å². The SMILES string of the molecule is N#CCCSc1nc2cc(Cl)ccc2s1. The van der Waals surface area contributed by atoms with Crippen LogP contribution in [0.5, 0.6) is 0 Å². The first-order valence-electron chi connectivity index (χ1n) is 4.35. The largest absolute Gasteiger partial charge is 0.230 e. The minimum absolute atomic E-state index is 0.557. The Morgan fingerprint density at radius 3 is 3.20 bits per heavy atom. The van der Waals surface area contributed by atoms with Gasteiger partial charge < -0.3 is 0 Å². The number of nitrogens with zero attached hydrogens (tertiary/aromatic N) is 2. The number of thiazole rings is 1.